The van der Waals surface area contributed by atoms with Gasteiger partial charge in [0, 0.05) is 4.90 Å². The molecule has 86 valence electrons. The topological polar surface area (TPSA) is 40.1 Å². The van der Waals surface area contributed by atoms with Crippen LogP contribution in [0.4, 0.5) is 0 Å². The Kier molecular flexibility index (Phi) is 3.83. The highest BCUT2D eigenvalue weighted by molar-refractivity contribution is 8.00. The number of carbonyl (C=O) groups excluding carboxylic acids is 1. The molecule has 0 saturated carbocycles. The molecule has 2 aromatic rings. The van der Waals surface area contributed by atoms with E-state index in [-0.39, 0.29) is 0 Å². The van der Waals surface area contributed by atoms with E-state index in [0.29, 0.717) is 0 Å². The van der Waals surface area contributed by atoms with Gasteiger partial charge in [0.2, 0.25) is 0 Å². The number of carbonyl (C=O) groups is 1. The van der Waals surface area contributed by atoms with Crippen molar-refractivity contribution in [1.29, 1.82) is 0 Å². The van der Waals surface area contributed by atoms with Crippen LogP contribution in [-0.4, -0.2) is 5.97 Å². The number of thioether (sulfide) groups is 1. The Morgan fingerprint density at radius 3 is 2.00 bits per heavy atom. The second-order valence-electron chi connectivity index (χ2n) is 3.54. The largest absolute Gasteiger partial charge is 0.549 e. The lowest BCUT2D eigenvalue weighted by Gasteiger charge is -2.17. The third-order valence-electron chi connectivity index (χ3n) is 2.31. The zero-order chi connectivity index (χ0) is 12.1. The standard InChI is InChI=1S/C14H12O2S/c15-14(16)13(11-7-3-1-4-8-11)17-12-9-5-2-6-10-12/h1-10,13H,(H,15,16)/p-1/t13-/m0/s1. The summed E-state index contributed by atoms with van der Waals surface area (Å²) in [5, 5.41) is 10.5. The van der Waals surface area contributed by atoms with Crippen molar-refractivity contribution < 1.29 is 9.90 Å². The van der Waals surface area contributed by atoms with Crippen molar-refractivity contribution in [1.82, 2.24) is 0 Å². The molecule has 0 saturated heterocycles. The zero-order valence-electron chi connectivity index (χ0n) is 9.08. The molecular weight excluding hydrogens is 232 g/mol. The Morgan fingerprint density at radius 2 is 1.47 bits per heavy atom. The molecule has 0 unspecified atom stereocenters. The van der Waals surface area contributed by atoms with Crippen molar-refractivity contribution in [3.05, 3.63) is 66.2 Å². The summed E-state index contributed by atoms with van der Waals surface area (Å²) in [6, 6.07) is 18.6. The molecular formula is C14H11O2S-. The van der Waals surface area contributed by atoms with Crippen molar-refractivity contribution in [2.75, 3.05) is 0 Å². The molecule has 2 aromatic carbocycles. The Bertz CT molecular complexity index is 482. The summed E-state index contributed by atoms with van der Waals surface area (Å²) in [4.78, 5) is 12.1. The minimum Gasteiger partial charge on any atom is -0.549 e. The second kappa shape index (κ2) is 5.55. The Morgan fingerprint density at radius 1 is 0.941 bits per heavy atom. The molecule has 0 aliphatic rings. The van der Waals surface area contributed by atoms with Crippen LogP contribution in [0, 0.1) is 0 Å². The fraction of sp³-hybridized carbons (Fsp3) is 0.0714. The number of hydrogen-bond donors (Lipinski definition) is 0. The van der Waals surface area contributed by atoms with E-state index in [1.165, 1.54) is 11.8 Å². The van der Waals surface area contributed by atoms with E-state index in [4.69, 9.17) is 0 Å². The summed E-state index contributed by atoms with van der Waals surface area (Å²) in [6.07, 6.45) is 0. The van der Waals surface area contributed by atoms with E-state index in [9.17, 15) is 9.90 Å². The van der Waals surface area contributed by atoms with Crippen LogP contribution < -0.4 is 5.11 Å². The van der Waals surface area contributed by atoms with Gasteiger partial charge in [-0.05, 0) is 17.7 Å². The Balaban J connectivity index is 2.23. The summed E-state index contributed by atoms with van der Waals surface area (Å²) in [5.74, 6) is -1.06. The van der Waals surface area contributed by atoms with Crippen molar-refractivity contribution in [2.45, 2.75) is 10.1 Å². The fourth-order valence-corrected chi connectivity index (χ4v) is 2.49. The van der Waals surface area contributed by atoms with Gasteiger partial charge in [0.05, 0.1) is 11.2 Å². The highest BCUT2D eigenvalue weighted by atomic mass is 32.2. The SMILES string of the molecule is O=C([O-])[C@@H](Sc1ccccc1)c1ccccc1. The van der Waals surface area contributed by atoms with Gasteiger partial charge in [-0.1, -0.05) is 48.5 Å². The summed E-state index contributed by atoms with van der Waals surface area (Å²) in [6.45, 7) is 0. The molecule has 0 fully saturated rings. The maximum absolute atomic E-state index is 11.2. The van der Waals surface area contributed by atoms with Gasteiger partial charge in [-0.3, -0.25) is 0 Å². The first-order valence-corrected chi connectivity index (χ1v) is 6.13. The smallest absolute Gasteiger partial charge is 0.0739 e. The summed E-state index contributed by atoms with van der Waals surface area (Å²) < 4.78 is 0. The second-order valence-corrected chi connectivity index (χ2v) is 4.72. The molecule has 0 aliphatic heterocycles. The lowest BCUT2D eigenvalue weighted by Crippen LogP contribution is -2.27. The molecule has 0 aliphatic carbocycles. The van der Waals surface area contributed by atoms with Crippen LogP contribution in [0.25, 0.3) is 0 Å². The van der Waals surface area contributed by atoms with Gasteiger partial charge >= 0.3 is 0 Å². The summed E-state index contributed by atoms with van der Waals surface area (Å²) >= 11 is 1.29. The average Bonchev–Trinajstić information content (AvgIpc) is 2.38. The van der Waals surface area contributed by atoms with Crippen molar-refractivity contribution >= 4 is 17.7 Å². The van der Waals surface area contributed by atoms with Crippen LogP contribution in [0.1, 0.15) is 10.8 Å². The van der Waals surface area contributed by atoms with Gasteiger partial charge in [0.25, 0.3) is 0 Å². The average molecular weight is 243 g/mol. The first-order chi connectivity index (χ1) is 8.27. The number of rotatable bonds is 4. The molecule has 0 N–H and O–H groups in total. The zero-order valence-corrected chi connectivity index (χ0v) is 9.89. The van der Waals surface area contributed by atoms with E-state index in [1.807, 2.05) is 48.5 Å². The molecule has 2 rings (SSSR count). The van der Waals surface area contributed by atoms with E-state index < -0.39 is 11.2 Å². The maximum atomic E-state index is 11.2. The Labute approximate surface area is 104 Å². The van der Waals surface area contributed by atoms with Crippen LogP contribution in [-0.2, 0) is 4.79 Å². The number of carboxylic acids is 1. The molecule has 0 aromatic heterocycles. The predicted octanol–water partition coefficient (Wildman–Crippen LogP) is 2.27. The third-order valence-corrected chi connectivity index (χ3v) is 3.56. The molecule has 0 spiro atoms. The van der Waals surface area contributed by atoms with Crippen LogP contribution >= 0.6 is 11.8 Å². The van der Waals surface area contributed by atoms with E-state index >= 15 is 0 Å². The van der Waals surface area contributed by atoms with E-state index in [1.54, 1.807) is 12.1 Å². The fourth-order valence-electron chi connectivity index (χ4n) is 1.52. The van der Waals surface area contributed by atoms with Gasteiger partial charge < -0.3 is 9.90 Å². The van der Waals surface area contributed by atoms with Crippen molar-refractivity contribution in [3.8, 4) is 0 Å². The summed E-state index contributed by atoms with van der Waals surface area (Å²) in [5.41, 5.74) is 0.751. The molecule has 17 heavy (non-hydrogen) atoms. The van der Waals surface area contributed by atoms with Crippen LogP contribution in [0.5, 0.6) is 0 Å². The first-order valence-electron chi connectivity index (χ1n) is 5.25. The van der Waals surface area contributed by atoms with Crippen LogP contribution in [0.15, 0.2) is 65.6 Å². The third kappa shape index (κ3) is 3.11. The number of hydrogen-bond acceptors (Lipinski definition) is 3. The lowest BCUT2D eigenvalue weighted by atomic mass is 10.1. The highest BCUT2D eigenvalue weighted by Crippen LogP contribution is 2.34. The van der Waals surface area contributed by atoms with Gasteiger partial charge in [-0.2, -0.15) is 0 Å². The van der Waals surface area contributed by atoms with Gasteiger partial charge in [-0.25, -0.2) is 0 Å². The van der Waals surface area contributed by atoms with Gasteiger partial charge in [0.15, 0.2) is 0 Å². The molecule has 0 heterocycles. The normalized spacial score (nSPS) is 12.0. The van der Waals surface area contributed by atoms with Crippen molar-refractivity contribution in [3.63, 3.8) is 0 Å². The van der Waals surface area contributed by atoms with E-state index in [0.717, 1.165) is 10.5 Å². The van der Waals surface area contributed by atoms with Gasteiger partial charge in [-0.15, -0.1) is 11.8 Å². The number of aliphatic carboxylic acids is 1. The summed E-state index contributed by atoms with van der Waals surface area (Å²) in [7, 11) is 0. The predicted molar refractivity (Wildman–Crippen MR) is 66.5 cm³/mol. The molecule has 0 amide bonds. The molecule has 0 radical (unpaired) electrons. The monoisotopic (exact) mass is 243 g/mol. The van der Waals surface area contributed by atoms with Crippen LogP contribution in [0.2, 0.25) is 0 Å². The van der Waals surface area contributed by atoms with E-state index in [2.05, 4.69) is 0 Å². The van der Waals surface area contributed by atoms with Crippen molar-refractivity contribution in [2.24, 2.45) is 0 Å². The van der Waals surface area contributed by atoms with Crippen LogP contribution in [0.3, 0.4) is 0 Å². The molecule has 3 heteroatoms. The molecule has 2 nitrogen and oxygen atoms in total. The first kappa shape index (κ1) is 11.7. The molecule has 1 atom stereocenters. The maximum Gasteiger partial charge on any atom is 0.0739 e. The highest BCUT2D eigenvalue weighted by Gasteiger charge is 2.13. The molecule has 0 bridgehead atoms. The minimum atomic E-state index is -1.06. The number of benzene rings is 2. The van der Waals surface area contributed by atoms with Gasteiger partial charge in [0.1, 0.15) is 0 Å². The Hall–Kier alpha value is -1.74. The number of carboxylic acid groups (broad SMARTS) is 1. The quantitative estimate of drug-likeness (QED) is 0.773. The lowest BCUT2D eigenvalue weighted by molar-refractivity contribution is -0.305. The minimum absolute atomic E-state index is 0.668.